The van der Waals surface area contributed by atoms with Crippen molar-refractivity contribution in [2.75, 3.05) is 19.8 Å². The Bertz CT molecular complexity index is 629. The molecule has 0 spiro atoms. The van der Waals surface area contributed by atoms with Crippen molar-refractivity contribution in [3.05, 3.63) is 23.8 Å². The Balaban J connectivity index is 1.77. The molecule has 10 heteroatoms. The predicted molar refractivity (Wildman–Crippen MR) is 72.3 cm³/mol. The van der Waals surface area contributed by atoms with Gasteiger partial charge in [-0.05, 0) is 19.3 Å². The van der Waals surface area contributed by atoms with Crippen LogP contribution in [-0.2, 0) is 20.7 Å². The van der Waals surface area contributed by atoms with Gasteiger partial charge in [0.15, 0.2) is 0 Å². The Morgan fingerprint density at radius 3 is 2.83 bits per heavy atom. The molecule has 1 fully saturated rings. The topological polar surface area (TPSA) is 77.7 Å². The molecule has 1 amide bonds. The Hall–Kier alpha value is -2.26. The highest BCUT2D eigenvalue weighted by molar-refractivity contribution is 5.91. The van der Waals surface area contributed by atoms with Gasteiger partial charge in [0.25, 0.3) is 5.91 Å². The molecule has 0 radical (unpaired) electrons. The maximum Gasteiger partial charge on any atom is 0.397 e. The van der Waals surface area contributed by atoms with Crippen molar-refractivity contribution in [2.45, 2.75) is 37.9 Å². The van der Waals surface area contributed by atoms with Crippen LogP contribution in [0, 0.1) is 0 Å². The van der Waals surface area contributed by atoms with Crippen LogP contribution in [0.1, 0.15) is 37.1 Å². The third-order valence-electron chi connectivity index (χ3n) is 3.74. The van der Waals surface area contributed by atoms with Crippen LogP contribution >= 0.6 is 0 Å². The number of carbonyl (C=O) groups is 1. The molecule has 0 bridgehead atoms. The minimum Gasteiger partial charge on any atom is -0.494 e. The molecule has 0 N–H and O–H groups in total. The molecule has 24 heavy (non-hydrogen) atoms. The SMILES string of the molecule is O=C(C1=COCCO1)N1CCCCC1c1nnc(CC(F)(F)F)o1. The summed E-state index contributed by atoms with van der Waals surface area (Å²) >= 11 is 0. The fraction of sp³-hybridized carbons (Fsp3) is 0.643. The number of halogens is 3. The zero-order valence-electron chi connectivity index (χ0n) is 12.7. The number of alkyl halides is 3. The molecule has 0 aromatic carbocycles. The minimum atomic E-state index is -4.43. The monoisotopic (exact) mass is 347 g/mol. The highest BCUT2D eigenvalue weighted by atomic mass is 19.4. The predicted octanol–water partition coefficient (Wildman–Crippen LogP) is 2.12. The lowest BCUT2D eigenvalue weighted by Gasteiger charge is -2.34. The Morgan fingerprint density at radius 1 is 1.29 bits per heavy atom. The first-order valence-corrected chi connectivity index (χ1v) is 7.58. The van der Waals surface area contributed by atoms with Crippen LogP contribution in [0.25, 0.3) is 0 Å². The van der Waals surface area contributed by atoms with Gasteiger partial charge >= 0.3 is 6.18 Å². The average Bonchev–Trinajstić information content (AvgIpc) is 3.01. The van der Waals surface area contributed by atoms with E-state index in [-0.39, 0.29) is 18.3 Å². The third-order valence-corrected chi connectivity index (χ3v) is 3.74. The van der Waals surface area contributed by atoms with Crippen LogP contribution in [0.15, 0.2) is 16.4 Å². The summed E-state index contributed by atoms with van der Waals surface area (Å²) < 4.78 is 52.7. The molecule has 1 atom stereocenters. The van der Waals surface area contributed by atoms with Crippen molar-refractivity contribution >= 4 is 5.91 Å². The van der Waals surface area contributed by atoms with Crippen molar-refractivity contribution in [3.63, 3.8) is 0 Å². The fourth-order valence-corrected chi connectivity index (χ4v) is 2.70. The van der Waals surface area contributed by atoms with E-state index in [2.05, 4.69) is 10.2 Å². The first-order chi connectivity index (χ1) is 11.4. The van der Waals surface area contributed by atoms with Crippen LogP contribution in [-0.4, -0.2) is 46.9 Å². The van der Waals surface area contributed by atoms with Gasteiger partial charge in [-0.1, -0.05) is 0 Å². The van der Waals surface area contributed by atoms with Crippen molar-refractivity contribution in [1.82, 2.24) is 15.1 Å². The van der Waals surface area contributed by atoms with Gasteiger partial charge in [0.1, 0.15) is 31.9 Å². The smallest absolute Gasteiger partial charge is 0.397 e. The number of piperidine rings is 1. The van der Waals surface area contributed by atoms with Gasteiger partial charge in [-0.3, -0.25) is 4.79 Å². The Labute approximate surface area is 135 Å². The van der Waals surface area contributed by atoms with Crippen molar-refractivity contribution in [2.24, 2.45) is 0 Å². The van der Waals surface area contributed by atoms with E-state index in [1.54, 1.807) is 0 Å². The number of amides is 1. The molecular formula is C14H16F3N3O4. The molecule has 132 valence electrons. The van der Waals surface area contributed by atoms with Crippen molar-refractivity contribution < 1.29 is 31.9 Å². The second kappa shape index (κ2) is 6.70. The lowest BCUT2D eigenvalue weighted by atomic mass is 10.0. The number of hydrogen-bond acceptors (Lipinski definition) is 6. The van der Waals surface area contributed by atoms with Crippen LogP contribution < -0.4 is 0 Å². The Morgan fingerprint density at radius 2 is 2.12 bits per heavy atom. The number of ether oxygens (including phenoxy) is 2. The first-order valence-electron chi connectivity index (χ1n) is 7.58. The highest BCUT2D eigenvalue weighted by Crippen LogP contribution is 2.32. The summed E-state index contributed by atoms with van der Waals surface area (Å²) in [4.78, 5) is 14.0. The van der Waals surface area contributed by atoms with Gasteiger partial charge < -0.3 is 18.8 Å². The molecule has 2 aliphatic rings. The summed E-state index contributed by atoms with van der Waals surface area (Å²) in [7, 11) is 0. The molecule has 1 unspecified atom stereocenters. The molecule has 3 heterocycles. The maximum absolute atomic E-state index is 12.6. The second-order valence-corrected chi connectivity index (χ2v) is 5.54. The molecule has 0 aliphatic carbocycles. The van der Waals surface area contributed by atoms with Crippen LogP contribution in [0.3, 0.4) is 0 Å². The van der Waals surface area contributed by atoms with Crippen molar-refractivity contribution in [3.8, 4) is 0 Å². The van der Waals surface area contributed by atoms with Crippen LogP contribution in [0.4, 0.5) is 13.2 Å². The van der Waals surface area contributed by atoms with Gasteiger partial charge in [0, 0.05) is 6.54 Å². The third kappa shape index (κ3) is 3.80. The summed E-state index contributed by atoms with van der Waals surface area (Å²) in [6.07, 6.45) is -2.34. The summed E-state index contributed by atoms with van der Waals surface area (Å²) in [5.41, 5.74) is 0. The lowest BCUT2D eigenvalue weighted by Crippen LogP contribution is -2.40. The number of rotatable bonds is 3. The largest absolute Gasteiger partial charge is 0.494 e. The lowest BCUT2D eigenvalue weighted by molar-refractivity contribution is -0.137. The zero-order chi connectivity index (χ0) is 17.2. The number of aromatic nitrogens is 2. The van der Waals surface area contributed by atoms with Crippen LogP contribution in [0.5, 0.6) is 0 Å². The summed E-state index contributed by atoms with van der Waals surface area (Å²) in [6, 6.07) is -0.563. The number of nitrogens with zero attached hydrogens (tertiary/aromatic N) is 3. The van der Waals surface area contributed by atoms with E-state index in [1.165, 1.54) is 11.2 Å². The quantitative estimate of drug-likeness (QED) is 0.833. The molecular weight excluding hydrogens is 331 g/mol. The number of likely N-dealkylation sites (tertiary alicyclic amines) is 1. The summed E-state index contributed by atoms with van der Waals surface area (Å²) in [5.74, 6) is -0.815. The minimum absolute atomic E-state index is 0.0135. The summed E-state index contributed by atoms with van der Waals surface area (Å²) in [5, 5.41) is 7.14. The summed E-state index contributed by atoms with van der Waals surface area (Å²) in [6.45, 7) is 1.07. The Kier molecular flexibility index (Phi) is 4.63. The van der Waals surface area contributed by atoms with E-state index < -0.39 is 30.4 Å². The molecule has 3 rings (SSSR count). The van der Waals surface area contributed by atoms with Gasteiger partial charge in [-0.25, -0.2) is 0 Å². The average molecular weight is 347 g/mol. The van der Waals surface area contributed by atoms with E-state index in [0.29, 0.717) is 19.6 Å². The number of carbonyl (C=O) groups excluding carboxylic acids is 1. The van der Waals surface area contributed by atoms with E-state index in [0.717, 1.165) is 12.8 Å². The highest BCUT2D eigenvalue weighted by Gasteiger charge is 2.36. The first kappa shape index (κ1) is 16.6. The van der Waals surface area contributed by atoms with Gasteiger partial charge in [-0.2, -0.15) is 13.2 Å². The van der Waals surface area contributed by atoms with Crippen LogP contribution in [0.2, 0.25) is 0 Å². The van der Waals surface area contributed by atoms with Gasteiger partial charge in [0.05, 0.1) is 0 Å². The van der Waals surface area contributed by atoms with Gasteiger partial charge in [0.2, 0.25) is 17.5 Å². The molecule has 7 nitrogen and oxygen atoms in total. The molecule has 0 saturated carbocycles. The van der Waals surface area contributed by atoms with E-state index in [1.807, 2.05) is 0 Å². The fourth-order valence-electron chi connectivity index (χ4n) is 2.70. The standard InChI is InChI=1S/C14H16F3N3O4/c15-14(16,17)7-11-18-19-12(24-11)9-3-1-2-4-20(9)13(21)10-8-22-5-6-23-10/h8-9H,1-7H2. The second-order valence-electron chi connectivity index (χ2n) is 5.54. The van der Waals surface area contributed by atoms with E-state index >= 15 is 0 Å². The zero-order valence-corrected chi connectivity index (χ0v) is 12.7. The normalized spacial score (nSPS) is 21.7. The van der Waals surface area contributed by atoms with Gasteiger partial charge in [-0.15, -0.1) is 10.2 Å². The molecule has 2 aliphatic heterocycles. The molecule has 1 aromatic rings. The van der Waals surface area contributed by atoms with Crippen molar-refractivity contribution in [1.29, 1.82) is 0 Å². The van der Waals surface area contributed by atoms with E-state index in [4.69, 9.17) is 13.9 Å². The molecule has 1 aromatic heterocycles. The number of hydrogen-bond donors (Lipinski definition) is 0. The maximum atomic E-state index is 12.6. The van der Waals surface area contributed by atoms with E-state index in [9.17, 15) is 18.0 Å². The molecule has 1 saturated heterocycles.